The zero-order valence-electron chi connectivity index (χ0n) is 27.8. The number of aliphatic hydroxyl groups is 1. The average Bonchev–Trinajstić information content (AvgIpc) is 3.78. The molecule has 11 heteroatoms. The van der Waals surface area contributed by atoms with E-state index in [1.54, 1.807) is 21.0 Å². The van der Waals surface area contributed by atoms with E-state index in [1.807, 2.05) is 48.5 Å². The Kier molecular flexibility index (Phi) is 20.2. The van der Waals surface area contributed by atoms with Gasteiger partial charge in [0.15, 0.2) is 0 Å². The molecule has 0 bridgehead atoms. The molecule has 0 saturated carbocycles. The number of carbonyl (C=O) groups is 4. The first-order valence-electron chi connectivity index (χ1n) is 14.4. The number of hydrogen-bond acceptors (Lipinski definition) is 11. The number of carbonyl (C=O) groups excluding carboxylic acids is 4. The van der Waals surface area contributed by atoms with Gasteiger partial charge >= 0.3 is 23.9 Å². The van der Waals surface area contributed by atoms with Crippen molar-refractivity contribution in [3.63, 3.8) is 0 Å². The molecule has 42 heavy (non-hydrogen) atoms. The number of aliphatic hydroxyl groups excluding tert-OH is 1. The van der Waals surface area contributed by atoms with Crippen molar-refractivity contribution in [2.24, 2.45) is 16.2 Å². The molecule has 0 radical (unpaired) electrons. The number of esters is 4. The lowest BCUT2D eigenvalue weighted by atomic mass is 9.91. The number of hydrogen-bond donors (Lipinski definition) is 1. The van der Waals surface area contributed by atoms with Crippen LogP contribution in [-0.4, -0.2) is 87.9 Å². The highest BCUT2D eigenvalue weighted by molar-refractivity contribution is 5.86. The monoisotopic (exact) mass is 604 g/mol. The van der Waals surface area contributed by atoms with Gasteiger partial charge in [-0.1, -0.05) is 27.4 Å². The first kappa shape index (κ1) is 41.6. The molecular weight excluding hydrogens is 548 g/mol. The van der Waals surface area contributed by atoms with Crippen LogP contribution in [0, 0.1) is 16.2 Å². The standard InChI is InChI=1S/C13H22O5.C9H16O3.C9H18O3/c1-6-13(4,5)12(16)18-8-10(14)7-17-11(15)9(2)3;1-4-9(2,3)8(10)12-6-7-5-11-7;1-5-9(2,3)8(10)12-7-6-11-4/h10,14H,2,6-8H2,1,3-5H3;7H,4-6H2,1-3H3;5-7H2,1-4H3. The number of ether oxygens (including phenoxy) is 6. The zero-order chi connectivity index (χ0) is 33.1. The number of epoxide rings is 1. The second-order valence-electron chi connectivity index (χ2n) is 12.0. The van der Waals surface area contributed by atoms with E-state index < -0.39 is 17.5 Å². The van der Waals surface area contributed by atoms with Crippen molar-refractivity contribution in [1.82, 2.24) is 0 Å². The second-order valence-corrected chi connectivity index (χ2v) is 12.0. The van der Waals surface area contributed by atoms with Gasteiger partial charge < -0.3 is 33.5 Å². The minimum absolute atomic E-state index is 0.125. The van der Waals surface area contributed by atoms with E-state index in [0.29, 0.717) is 26.2 Å². The summed E-state index contributed by atoms with van der Waals surface area (Å²) in [6.45, 7) is 23.4. The molecule has 0 aromatic carbocycles. The van der Waals surface area contributed by atoms with Gasteiger partial charge in [0.25, 0.3) is 0 Å². The summed E-state index contributed by atoms with van der Waals surface area (Å²) in [5.41, 5.74) is -1.04. The minimum Gasteiger partial charge on any atom is -0.463 e. The molecule has 1 aliphatic rings. The quantitative estimate of drug-likeness (QED) is 0.0877. The topological polar surface area (TPSA) is 147 Å². The summed E-state index contributed by atoms with van der Waals surface area (Å²) in [5.74, 6) is -1.23. The summed E-state index contributed by atoms with van der Waals surface area (Å²) in [4.78, 5) is 45.3. The van der Waals surface area contributed by atoms with Gasteiger partial charge in [-0.2, -0.15) is 0 Å². The zero-order valence-corrected chi connectivity index (χ0v) is 27.8. The molecule has 0 amide bonds. The van der Waals surface area contributed by atoms with E-state index in [1.165, 1.54) is 6.92 Å². The highest BCUT2D eigenvalue weighted by Gasteiger charge is 2.31. The Balaban J connectivity index is 0. The fourth-order valence-electron chi connectivity index (χ4n) is 2.08. The average molecular weight is 605 g/mol. The summed E-state index contributed by atoms with van der Waals surface area (Å²) in [6.07, 6.45) is 1.38. The van der Waals surface area contributed by atoms with E-state index in [-0.39, 0.29) is 53.6 Å². The van der Waals surface area contributed by atoms with Crippen LogP contribution in [0.4, 0.5) is 0 Å². The van der Waals surface area contributed by atoms with Crippen LogP contribution < -0.4 is 0 Å². The van der Waals surface area contributed by atoms with Crippen LogP contribution in [0.2, 0.25) is 0 Å². The van der Waals surface area contributed by atoms with Crippen molar-refractivity contribution in [2.45, 2.75) is 101 Å². The van der Waals surface area contributed by atoms with Gasteiger partial charge in [-0.15, -0.1) is 0 Å². The van der Waals surface area contributed by atoms with E-state index in [9.17, 15) is 24.3 Å². The van der Waals surface area contributed by atoms with E-state index >= 15 is 0 Å². The lowest BCUT2D eigenvalue weighted by molar-refractivity contribution is -0.159. The molecule has 11 nitrogen and oxygen atoms in total. The Bertz CT molecular complexity index is 842. The Morgan fingerprint density at radius 3 is 1.57 bits per heavy atom. The molecule has 0 spiro atoms. The van der Waals surface area contributed by atoms with Crippen LogP contribution in [0.15, 0.2) is 12.2 Å². The molecule has 2 unspecified atom stereocenters. The third-order valence-corrected chi connectivity index (χ3v) is 6.79. The summed E-state index contributed by atoms with van der Waals surface area (Å²) in [7, 11) is 1.58. The predicted molar refractivity (Wildman–Crippen MR) is 158 cm³/mol. The van der Waals surface area contributed by atoms with Crippen molar-refractivity contribution < 1.29 is 52.7 Å². The molecule has 1 N–H and O–H groups in total. The number of rotatable bonds is 16. The number of methoxy groups -OCH3 is 1. The summed E-state index contributed by atoms with van der Waals surface area (Å²) in [5, 5.41) is 9.48. The van der Waals surface area contributed by atoms with E-state index in [0.717, 1.165) is 19.4 Å². The van der Waals surface area contributed by atoms with E-state index in [4.69, 9.17) is 28.4 Å². The lowest BCUT2D eigenvalue weighted by Gasteiger charge is -2.21. The predicted octanol–water partition coefficient (Wildman–Crippen LogP) is 4.42. The first-order chi connectivity index (χ1) is 19.3. The molecule has 1 aliphatic heterocycles. The molecule has 0 aliphatic carbocycles. The van der Waals surface area contributed by atoms with Crippen LogP contribution >= 0.6 is 0 Å². The van der Waals surface area contributed by atoms with Crippen molar-refractivity contribution in [3.8, 4) is 0 Å². The Morgan fingerprint density at radius 1 is 0.786 bits per heavy atom. The van der Waals surface area contributed by atoms with Gasteiger partial charge in [-0.25, -0.2) is 4.79 Å². The largest absolute Gasteiger partial charge is 0.463 e. The normalized spacial score (nSPS) is 15.0. The van der Waals surface area contributed by atoms with Gasteiger partial charge in [0, 0.05) is 12.7 Å². The smallest absolute Gasteiger partial charge is 0.333 e. The molecule has 1 rings (SSSR count). The Morgan fingerprint density at radius 2 is 1.19 bits per heavy atom. The third kappa shape index (κ3) is 18.8. The van der Waals surface area contributed by atoms with Gasteiger partial charge in [-0.3, -0.25) is 14.4 Å². The van der Waals surface area contributed by atoms with Crippen LogP contribution in [0.1, 0.15) is 88.5 Å². The molecular formula is C31H56O11. The summed E-state index contributed by atoms with van der Waals surface area (Å²) < 4.78 is 29.4. The van der Waals surface area contributed by atoms with Crippen LogP contribution in [0.25, 0.3) is 0 Å². The van der Waals surface area contributed by atoms with E-state index in [2.05, 4.69) is 6.58 Å². The van der Waals surface area contributed by atoms with Crippen LogP contribution in [-0.2, 0) is 47.6 Å². The van der Waals surface area contributed by atoms with Crippen LogP contribution in [0.3, 0.4) is 0 Å². The maximum atomic E-state index is 11.6. The van der Waals surface area contributed by atoms with Crippen molar-refractivity contribution in [3.05, 3.63) is 12.2 Å². The molecule has 2 atom stereocenters. The SMILES string of the molecule is C=C(C)C(=O)OCC(O)COC(=O)C(C)(C)CC.CCC(C)(C)C(=O)OCC1CO1.CCC(C)(C)C(=O)OCCOC. The molecule has 1 saturated heterocycles. The van der Waals surface area contributed by atoms with Crippen LogP contribution in [0.5, 0.6) is 0 Å². The highest BCUT2D eigenvalue weighted by Crippen LogP contribution is 2.23. The Hall–Kier alpha value is -2.50. The van der Waals surface area contributed by atoms with Crippen molar-refractivity contribution in [1.29, 1.82) is 0 Å². The maximum absolute atomic E-state index is 11.6. The highest BCUT2D eigenvalue weighted by atomic mass is 16.6. The molecule has 1 heterocycles. The van der Waals surface area contributed by atoms with Gasteiger partial charge in [0.1, 0.15) is 38.6 Å². The first-order valence-corrected chi connectivity index (χ1v) is 14.4. The fourth-order valence-corrected chi connectivity index (χ4v) is 2.08. The Labute approximate surface area is 252 Å². The minimum atomic E-state index is -1.02. The van der Waals surface area contributed by atoms with Crippen molar-refractivity contribution in [2.75, 3.05) is 46.8 Å². The van der Waals surface area contributed by atoms with Gasteiger partial charge in [-0.05, 0) is 67.7 Å². The van der Waals surface area contributed by atoms with Gasteiger partial charge in [0.2, 0.25) is 0 Å². The maximum Gasteiger partial charge on any atom is 0.333 e. The third-order valence-electron chi connectivity index (χ3n) is 6.79. The molecule has 246 valence electrons. The molecule has 0 aromatic rings. The molecule has 1 fully saturated rings. The lowest BCUT2D eigenvalue weighted by Crippen LogP contribution is -2.31. The summed E-state index contributed by atoms with van der Waals surface area (Å²) >= 11 is 0. The van der Waals surface area contributed by atoms with Crippen molar-refractivity contribution >= 4 is 23.9 Å². The summed E-state index contributed by atoms with van der Waals surface area (Å²) in [6, 6.07) is 0. The van der Waals surface area contributed by atoms with Gasteiger partial charge in [0.05, 0.1) is 29.5 Å². The fraction of sp³-hybridized carbons (Fsp3) is 0.806. The molecule has 0 aromatic heterocycles. The second kappa shape index (κ2) is 20.4.